The van der Waals surface area contributed by atoms with Gasteiger partial charge in [-0.15, -0.1) is 0 Å². The molecular formula is C15H28N2O2. The van der Waals surface area contributed by atoms with Crippen LogP contribution in [0.5, 0.6) is 0 Å². The van der Waals surface area contributed by atoms with Crippen molar-refractivity contribution in [2.24, 2.45) is 0 Å². The van der Waals surface area contributed by atoms with Crippen molar-refractivity contribution in [1.29, 1.82) is 0 Å². The van der Waals surface area contributed by atoms with E-state index < -0.39 is 0 Å². The molecule has 0 fully saturated rings. The van der Waals surface area contributed by atoms with E-state index in [0.29, 0.717) is 6.04 Å². The third kappa shape index (κ3) is 6.23. The molecule has 1 rings (SSSR count). The molecule has 0 saturated carbocycles. The summed E-state index contributed by atoms with van der Waals surface area (Å²) in [6.45, 7) is 13.7. The lowest BCUT2D eigenvalue weighted by molar-refractivity contribution is 0.110. The van der Waals surface area contributed by atoms with Crippen LogP contribution in [0.2, 0.25) is 0 Å². The van der Waals surface area contributed by atoms with Gasteiger partial charge in [0.1, 0.15) is 5.76 Å². The van der Waals surface area contributed by atoms with E-state index in [0.717, 1.165) is 45.2 Å². The fourth-order valence-electron chi connectivity index (χ4n) is 1.87. The molecule has 0 unspecified atom stereocenters. The van der Waals surface area contributed by atoms with E-state index in [1.54, 1.807) is 6.26 Å². The van der Waals surface area contributed by atoms with E-state index in [1.165, 1.54) is 5.56 Å². The molecule has 0 amide bonds. The predicted octanol–water partition coefficient (Wildman–Crippen LogP) is 2.64. The first-order valence-corrected chi connectivity index (χ1v) is 7.26. The lowest BCUT2D eigenvalue weighted by Gasteiger charge is -2.19. The zero-order valence-corrected chi connectivity index (χ0v) is 12.7. The number of rotatable bonds is 10. The van der Waals surface area contributed by atoms with Crippen LogP contribution in [-0.2, 0) is 17.8 Å². The van der Waals surface area contributed by atoms with Crippen molar-refractivity contribution >= 4 is 0 Å². The lowest BCUT2D eigenvalue weighted by atomic mass is 10.2. The molecule has 0 atom stereocenters. The Morgan fingerprint density at radius 2 is 2.16 bits per heavy atom. The van der Waals surface area contributed by atoms with Gasteiger partial charge in [-0.3, -0.25) is 4.90 Å². The topological polar surface area (TPSA) is 37.6 Å². The summed E-state index contributed by atoms with van der Waals surface area (Å²) in [5, 5.41) is 3.43. The summed E-state index contributed by atoms with van der Waals surface area (Å²) in [7, 11) is 0. The van der Waals surface area contributed by atoms with Crippen molar-refractivity contribution in [3.63, 3.8) is 0 Å². The highest BCUT2D eigenvalue weighted by atomic mass is 16.5. The molecule has 110 valence electrons. The zero-order valence-electron chi connectivity index (χ0n) is 12.7. The van der Waals surface area contributed by atoms with Gasteiger partial charge in [-0.25, -0.2) is 0 Å². The first-order valence-electron chi connectivity index (χ1n) is 7.26. The van der Waals surface area contributed by atoms with Crippen LogP contribution < -0.4 is 5.32 Å². The van der Waals surface area contributed by atoms with Crippen LogP contribution in [0, 0.1) is 0 Å². The maximum absolute atomic E-state index is 5.61. The molecule has 19 heavy (non-hydrogen) atoms. The van der Waals surface area contributed by atoms with Crippen molar-refractivity contribution in [2.45, 2.75) is 46.8 Å². The summed E-state index contributed by atoms with van der Waals surface area (Å²) in [5.41, 5.74) is 1.25. The van der Waals surface area contributed by atoms with Crippen LogP contribution in [0.4, 0.5) is 0 Å². The number of nitrogens with one attached hydrogen (secondary N) is 1. The summed E-state index contributed by atoms with van der Waals surface area (Å²) in [6, 6.07) is 2.55. The third-order valence-corrected chi connectivity index (χ3v) is 3.11. The van der Waals surface area contributed by atoms with Crippen LogP contribution in [0.25, 0.3) is 0 Å². The number of hydrogen-bond acceptors (Lipinski definition) is 4. The quantitative estimate of drug-likeness (QED) is 0.662. The average molecular weight is 268 g/mol. The largest absolute Gasteiger partial charge is 0.468 e. The SMILES string of the molecule is CCOCCN(CC)Cc1occc1CNC(C)C. The molecule has 0 aliphatic rings. The van der Waals surface area contributed by atoms with Gasteiger partial charge in [0.05, 0.1) is 19.4 Å². The normalized spacial score (nSPS) is 11.7. The summed E-state index contributed by atoms with van der Waals surface area (Å²) in [6.07, 6.45) is 1.78. The second kappa shape index (κ2) is 9.13. The van der Waals surface area contributed by atoms with Gasteiger partial charge in [0.2, 0.25) is 0 Å². The molecular weight excluding hydrogens is 240 g/mol. The summed E-state index contributed by atoms with van der Waals surface area (Å²) < 4.78 is 11.0. The van der Waals surface area contributed by atoms with Crippen LogP contribution in [0.15, 0.2) is 16.7 Å². The first-order chi connectivity index (χ1) is 9.17. The second-order valence-corrected chi connectivity index (χ2v) is 4.97. The molecule has 4 heteroatoms. The van der Waals surface area contributed by atoms with E-state index in [2.05, 4.69) is 37.1 Å². The van der Waals surface area contributed by atoms with Gasteiger partial charge in [-0.1, -0.05) is 20.8 Å². The Kier molecular flexibility index (Phi) is 7.79. The van der Waals surface area contributed by atoms with Crippen molar-refractivity contribution in [3.05, 3.63) is 23.7 Å². The van der Waals surface area contributed by atoms with Crippen molar-refractivity contribution in [3.8, 4) is 0 Å². The molecule has 1 heterocycles. The molecule has 0 radical (unpaired) electrons. The van der Waals surface area contributed by atoms with E-state index in [4.69, 9.17) is 9.15 Å². The van der Waals surface area contributed by atoms with Crippen LogP contribution >= 0.6 is 0 Å². The highest BCUT2D eigenvalue weighted by molar-refractivity contribution is 5.16. The Bertz CT molecular complexity index is 337. The number of ether oxygens (including phenoxy) is 1. The Morgan fingerprint density at radius 1 is 1.37 bits per heavy atom. The molecule has 4 nitrogen and oxygen atoms in total. The van der Waals surface area contributed by atoms with Crippen LogP contribution in [0.3, 0.4) is 0 Å². The zero-order chi connectivity index (χ0) is 14.1. The third-order valence-electron chi connectivity index (χ3n) is 3.11. The summed E-state index contributed by atoms with van der Waals surface area (Å²) >= 11 is 0. The highest BCUT2D eigenvalue weighted by Crippen LogP contribution is 2.13. The van der Waals surface area contributed by atoms with Gasteiger partial charge < -0.3 is 14.5 Å². The van der Waals surface area contributed by atoms with Gasteiger partial charge >= 0.3 is 0 Å². The lowest BCUT2D eigenvalue weighted by Crippen LogP contribution is -2.28. The second-order valence-electron chi connectivity index (χ2n) is 4.97. The Balaban J connectivity index is 2.47. The minimum Gasteiger partial charge on any atom is -0.468 e. The van der Waals surface area contributed by atoms with Crippen molar-refractivity contribution in [2.75, 3.05) is 26.3 Å². The van der Waals surface area contributed by atoms with Crippen LogP contribution in [0.1, 0.15) is 39.0 Å². The van der Waals surface area contributed by atoms with Gasteiger partial charge in [0.15, 0.2) is 0 Å². The molecule has 0 aliphatic carbocycles. The minimum absolute atomic E-state index is 0.489. The summed E-state index contributed by atoms with van der Waals surface area (Å²) in [4.78, 5) is 2.34. The van der Waals surface area contributed by atoms with Crippen molar-refractivity contribution < 1.29 is 9.15 Å². The molecule has 0 bridgehead atoms. The molecule has 0 aromatic carbocycles. The standard InChI is InChI=1S/C15H28N2O2/c1-5-17(8-10-18-6-2)12-15-14(7-9-19-15)11-16-13(3)4/h7,9,13,16H,5-6,8,10-12H2,1-4H3. The Labute approximate surface area is 117 Å². The van der Waals surface area contributed by atoms with Gasteiger partial charge in [-0.2, -0.15) is 0 Å². The van der Waals surface area contributed by atoms with Crippen molar-refractivity contribution in [1.82, 2.24) is 10.2 Å². The number of hydrogen-bond donors (Lipinski definition) is 1. The van der Waals surface area contributed by atoms with Crippen LogP contribution in [-0.4, -0.2) is 37.2 Å². The van der Waals surface area contributed by atoms with Gasteiger partial charge in [0.25, 0.3) is 0 Å². The molecule has 0 aliphatic heterocycles. The summed E-state index contributed by atoms with van der Waals surface area (Å²) in [5.74, 6) is 1.06. The van der Waals surface area contributed by atoms with E-state index in [-0.39, 0.29) is 0 Å². The van der Waals surface area contributed by atoms with E-state index in [9.17, 15) is 0 Å². The predicted molar refractivity (Wildman–Crippen MR) is 78.1 cm³/mol. The Hall–Kier alpha value is -0.840. The van der Waals surface area contributed by atoms with Gasteiger partial charge in [-0.05, 0) is 19.5 Å². The van der Waals surface area contributed by atoms with E-state index in [1.807, 2.05) is 6.92 Å². The molecule has 1 aromatic heterocycles. The monoisotopic (exact) mass is 268 g/mol. The first kappa shape index (κ1) is 16.2. The Morgan fingerprint density at radius 3 is 2.79 bits per heavy atom. The fourth-order valence-corrected chi connectivity index (χ4v) is 1.87. The van der Waals surface area contributed by atoms with E-state index >= 15 is 0 Å². The average Bonchev–Trinajstić information content (AvgIpc) is 2.82. The maximum atomic E-state index is 5.61. The fraction of sp³-hybridized carbons (Fsp3) is 0.733. The molecule has 0 saturated heterocycles. The van der Waals surface area contributed by atoms with Gasteiger partial charge in [0, 0.05) is 31.3 Å². The number of nitrogens with zero attached hydrogens (tertiary/aromatic N) is 1. The molecule has 0 spiro atoms. The highest BCUT2D eigenvalue weighted by Gasteiger charge is 2.11. The number of furan rings is 1. The molecule has 1 N–H and O–H groups in total. The smallest absolute Gasteiger partial charge is 0.122 e. The maximum Gasteiger partial charge on any atom is 0.122 e. The molecule has 1 aromatic rings. The minimum atomic E-state index is 0.489. The number of likely N-dealkylation sites (N-methyl/N-ethyl adjacent to an activating group) is 1.